The van der Waals surface area contributed by atoms with Gasteiger partial charge in [0.1, 0.15) is 6.04 Å². The first-order valence-electron chi connectivity index (χ1n) is 6.13. The number of hydrogen-bond donors (Lipinski definition) is 1. The van der Waals surface area contributed by atoms with E-state index in [0.717, 1.165) is 12.1 Å². The number of rotatable bonds is 3. The molecule has 1 unspecified atom stereocenters. The van der Waals surface area contributed by atoms with Crippen LogP contribution in [0.5, 0.6) is 0 Å². The molecule has 1 heterocycles. The molecule has 0 saturated heterocycles. The molecule has 0 aliphatic heterocycles. The molecule has 0 bridgehead atoms. The number of pyridine rings is 1. The molecule has 1 atom stereocenters. The van der Waals surface area contributed by atoms with Gasteiger partial charge < -0.3 is 10.0 Å². The van der Waals surface area contributed by atoms with Gasteiger partial charge in [-0.15, -0.1) is 0 Å². The minimum atomic E-state index is -4.44. The van der Waals surface area contributed by atoms with Crippen LogP contribution in [0.3, 0.4) is 0 Å². The third-order valence-electron chi connectivity index (χ3n) is 3.37. The fourth-order valence-electron chi connectivity index (χ4n) is 1.99. The van der Waals surface area contributed by atoms with Crippen molar-refractivity contribution in [2.45, 2.75) is 19.1 Å². The van der Waals surface area contributed by atoms with E-state index in [2.05, 4.69) is 4.98 Å². The van der Waals surface area contributed by atoms with Gasteiger partial charge in [-0.2, -0.15) is 13.2 Å². The second kappa shape index (κ2) is 5.23. The SMILES string of the molecule is CC(C(=O)O)N(C)c1ccnc2cc(C(F)(F)F)ccc12. The summed E-state index contributed by atoms with van der Waals surface area (Å²) < 4.78 is 38.1. The van der Waals surface area contributed by atoms with Gasteiger partial charge in [0.05, 0.1) is 11.1 Å². The quantitative estimate of drug-likeness (QED) is 0.945. The molecule has 7 heteroatoms. The summed E-state index contributed by atoms with van der Waals surface area (Å²) in [6.45, 7) is 1.50. The molecule has 0 aliphatic carbocycles. The first kappa shape index (κ1) is 15.1. The van der Waals surface area contributed by atoms with Crippen LogP contribution in [0.2, 0.25) is 0 Å². The van der Waals surface area contributed by atoms with Crippen molar-refractivity contribution >= 4 is 22.6 Å². The van der Waals surface area contributed by atoms with E-state index < -0.39 is 23.8 Å². The normalized spacial score (nSPS) is 13.2. The average Bonchev–Trinajstić information content (AvgIpc) is 2.43. The van der Waals surface area contributed by atoms with Crippen LogP contribution in [0.4, 0.5) is 18.9 Å². The molecule has 1 N–H and O–H groups in total. The second-order valence-corrected chi connectivity index (χ2v) is 4.68. The lowest BCUT2D eigenvalue weighted by atomic mass is 10.1. The molecule has 1 aromatic heterocycles. The Bertz CT molecular complexity index is 685. The zero-order valence-corrected chi connectivity index (χ0v) is 11.3. The maximum absolute atomic E-state index is 12.7. The molecule has 0 fully saturated rings. The molecule has 0 aliphatic rings. The van der Waals surface area contributed by atoms with Crippen LogP contribution in [0.25, 0.3) is 10.9 Å². The minimum Gasteiger partial charge on any atom is -0.480 e. The first-order valence-corrected chi connectivity index (χ1v) is 6.13. The molecular formula is C14H13F3N2O2. The van der Waals surface area contributed by atoms with Crippen LogP contribution >= 0.6 is 0 Å². The highest BCUT2D eigenvalue weighted by molar-refractivity contribution is 5.93. The number of halogens is 3. The maximum Gasteiger partial charge on any atom is 0.416 e. The maximum atomic E-state index is 12.7. The van der Waals surface area contributed by atoms with E-state index >= 15 is 0 Å². The number of benzene rings is 1. The summed E-state index contributed by atoms with van der Waals surface area (Å²) in [4.78, 5) is 16.4. The molecule has 21 heavy (non-hydrogen) atoms. The zero-order valence-electron chi connectivity index (χ0n) is 11.3. The molecule has 0 amide bonds. The highest BCUT2D eigenvalue weighted by Crippen LogP contribution is 2.33. The average molecular weight is 298 g/mol. The number of carboxylic acid groups (broad SMARTS) is 1. The smallest absolute Gasteiger partial charge is 0.416 e. The van der Waals surface area contributed by atoms with E-state index in [9.17, 15) is 18.0 Å². The molecule has 4 nitrogen and oxygen atoms in total. The van der Waals surface area contributed by atoms with Crippen molar-refractivity contribution in [2.24, 2.45) is 0 Å². The van der Waals surface area contributed by atoms with E-state index in [1.165, 1.54) is 24.1 Å². The number of aromatic nitrogens is 1. The minimum absolute atomic E-state index is 0.173. The van der Waals surface area contributed by atoms with Gasteiger partial charge in [-0.1, -0.05) is 6.07 Å². The molecule has 0 radical (unpaired) electrons. The van der Waals surface area contributed by atoms with Crippen LogP contribution in [-0.2, 0) is 11.0 Å². The second-order valence-electron chi connectivity index (χ2n) is 4.68. The zero-order chi connectivity index (χ0) is 15.8. The number of nitrogens with zero attached hydrogens (tertiary/aromatic N) is 2. The third-order valence-corrected chi connectivity index (χ3v) is 3.37. The third kappa shape index (κ3) is 2.91. The van der Waals surface area contributed by atoms with Crippen molar-refractivity contribution in [1.29, 1.82) is 0 Å². The van der Waals surface area contributed by atoms with Gasteiger partial charge in [0, 0.05) is 24.3 Å². The van der Waals surface area contributed by atoms with E-state index in [1.807, 2.05) is 0 Å². The molecular weight excluding hydrogens is 285 g/mol. The molecule has 0 spiro atoms. The van der Waals surface area contributed by atoms with E-state index in [1.54, 1.807) is 13.1 Å². The highest BCUT2D eigenvalue weighted by Gasteiger charge is 2.31. The standard InChI is InChI=1S/C14H13F3N2O2/c1-8(13(20)21)19(2)12-5-6-18-11-7-9(14(15,16)17)3-4-10(11)12/h3-8H,1-2H3,(H,20,21). The predicted octanol–water partition coefficient (Wildman–Crippen LogP) is 3.16. The largest absolute Gasteiger partial charge is 0.480 e. The van der Waals surface area contributed by atoms with E-state index in [4.69, 9.17) is 5.11 Å². The molecule has 1 aromatic carbocycles. The van der Waals surface area contributed by atoms with Gasteiger partial charge in [0.2, 0.25) is 0 Å². The fraction of sp³-hybridized carbons (Fsp3) is 0.286. The van der Waals surface area contributed by atoms with Crippen LogP contribution < -0.4 is 4.90 Å². The Hall–Kier alpha value is -2.31. The Morgan fingerprint density at radius 3 is 2.57 bits per heavy atom. The summed E-state index contributed by atoms with van der Waals surface area (Å²) >= 11 is 0. The summed E-state index contributed by atoms with van der Waals surface area (Å²) in [5.74, 6) is -1.02. The molecule has 0 saturated carbocycles. The summed E-state index contributed by atoms with van der Waals surface area (Å²) in [5, 5.41) is 9.50. The van der Waals surface area contributed by atoms with Crippen LogP contribution in [0, 0.1) is 0 Å². The Morgan fingerprint density at radius 2 is 2.00 bits per heavy atom. The lowest BCUT2D eigenvalue weighted by molar-refractivity contribution is -0.138. The van der Waals surface area contributed by atoms with Crippen LogP contribution in [0.1, 0.15) is 12.5 Å². The summed E-state index contributed by atoms with van der Waals surface area (Å²) in [5.41, 5.74) is -0.0935. The van der Waals surface area contributed by atoms with Crippen molar-refractivity contribution in [2.75, 3.05) is 11.9 Å². The van der Waals surface area contributed by atoms with Gasteiger partial charge in [-0.05, 0) is 25.1 Å². The monoisotopic (exact) mass is 298 g/mol. The van der Waals surface area contributed by atoms with Gasteiger partial charge in [0.15, 0.2) is 0 Å². The lowest BCUT2D eigenvalue weighted by Crippen LogP contribution is -2.35. The summed E-state index contributed by atoms with van der Waals surface area (Å²) in [7, 11) is 1.57. The molecule has 2 aromatic rings. The summed E-state index contributed by atoms with van der Waals surface area (Å²) in [6, 6.07) is 4.00. The van der Waals surface area contributed by atoms with E-state index in [-0.39, 0.29) is 5.52 Å². The lowest BCUT2D eigenvalue weighted by Gasteiger charge is -2.25. The van der Waals surface area contributed by atoms with Crippen molar-refractivity contribution in [3.05, 3.63) is 36.0 Å². The number of fused-ring (bicyclic) bond motifs is 1. The van der Waals surface area contributed by atoms with E-state index in [0.29, 0.717) is 11.1 Å². The Balaban J connectivity index is 2.55. The Morgan fingerprint density at radius 1 is 1.33 bits per heavy atom. The van der Waals surface area contributed by atoms with Crippen molar-refractivity contribution in [1.82, 2.24) is 4.98 Å². The van der Waals surface area contributed by atoms with Gasteiger partial charge in [0.25, 0.3) is 0 Å². The van der Waals surface area contributed by atoms with Crippen molar-refractivity contribution < 1.29 is 23.1 Å². The highest BCUT2D eigenvalue weighted by atomic mass is 19.4. The van der Waals surface area contributed by atoms with Gasteiger partial charge in [-0.25, -0.2) is 4.79 Å². The number of likely N-dealkylation sites (N-methyl/N-ethyl adjacent to an activating group) is 1. The Kier molecular flexibility index (Phi) is 3.76. The first-order chi connectivity index (χ1) is 9.71. The molecule has 112 valence electrons. The molecule has 2 rings (SSSR count). The van der Waals surface area contributed by atoms with Crippen molar-refractivity contribution in [3.63, 3.8) is 0 Å². The number of alkyl halides is 3. The van der Waals surface area contributed by atoms with Crippen LogP contribution in [-0.4, -0.2) is 29.1 Å². The van der Waals surface area contributed by atoms with Gasteiger partial charge in [-0.3, -0.25) is 4.98 Å². The summed E-state index contributed by atoms with van der Waals surface area (Å²) in [6.07, 6.45) is -3.07. The fourth-order valence-corrected chi connectivity index (χ4v) is 1.99. The Labute approximate surface area is 118 Å². The number of carboxylic acids is 1. The van der Waals surface area contributed by atoms with Gasteiger partial charge >= 0.3 is 12.1 Å². The van der Waals surface area contributed by atoms with Crippen LogP contribution in [0.15, 0.2) is 30.5 Å². The number of aliphatic carboxylic acids is 1. The van der Waals surface area contributed by atoms with Crippen molar-refractivity contribution in [3.8, 4) is 0 Å². The predicted molar refractivity (Wildman–Crippen MR) is 72.2 cm³/mol. The topological polar surface area (TPSA) is 53.4 Å². The number of carbonyl (C=O) groups is 1. The number of anilines is 1. The number of hydrogen-bond acceptors (Lipinski definition) is 3.